The summed E-state index contributed by atoms with van der Waals surface area (Å²) >= 11 is 0. The molecular formula is C19H24N4O7. The van der Waals surface area contributed by atoms with Gasteiger partial charge in [-0.05, 0) is 32.0 Å². The summed E-state index contributed by atoms with van der Waals surface area (Å²) in [5, 5.41) is 10.3. The average molecular weight is 420 g/mol. The highest BCUT2D eigenvalue weighted by Gasteiger charge is 2.18. The monoisotopic (exact) mass is 420 g/mol. The normalized spacial score (nSPS) is 10.7. The standard InChI is InChI=1S/C19H24N4O7/c1-5-29-16(30-6-2)11-23-10-15(21-22-23)17(24)20-14-8-12(18(25)27-3)7-13(9-14)19(26)28-4/h7-10,16H,5-6,11H2,1-4H3,(H,20,24). The quantitative estimate of drug-likeness (QED) is 0.449. The fourth-order valence-corrected chi connectivity index (χ4v) is 2.54. The number of nitrogens with one attached hydrogen (secondary N) is 1. The summed E-state index contributed by atoms with van der Waals surface area (Å²) in [4.78, 5) is 36.3. The second-order valence-electron chi connectivity index (χ2n) is 5.90. The number of carbonyl (C=O) groups excluding carboxylic acids is 3. The zero-order valence-corrected chi connectivity index (χ0v) is 17.2. The topological polar surface area (TPSA) is 131 Å². The van der Waals surface area contributed by atoms with Crippen LogP contribution in [0.25, 0.3) is 0 Å². The highest BCUT2D eigenvalue weighted by atomic mass is 16.7. The number of methoxy groups -OCH3 is 2. The zero-order valence-electron chi connectivity index (χ0n) is 17.2. The molecule has 0 atom stereocenters. The molecule has 2 rings (SSSR count). The first-order chi connectivity index (χ1) is 14.4. The average Bonchev–Trinajstić information content (AvgIpc) is 3.21. The minimum Gasteiger partial charge on any atom is -0.465 e. The van der Waals surface area contributed by atoms with Crippen molar-refractivity contribution in [3.8, 4) is 0 Å². The molecule has 1 N–H and O–H groups in total. The fourth-order valence-electron chi connectivity index (χ4n) is 2.54. The lowest BCUT2D eigenvalue weighted by Crippen LogP contribution is -2.24. The molecule has 1 aromatic heterocycles. The molecule has 0 bridgehead atoms. The Balaban J connectivity index is 2.18. The van der Waals surface area contributed by atoms with Crippen LogP contribution in [0.5, 0.6) is 0 Å². The van der Waals surface area contributed by atoms with Gasteiger partial charge in [0.05, 0.1) is 38.1 Å². The van der Waals surface area contributed by atoms with Crippen LogP contribution in [-0.4, -0.2) is 66.6 Å². The van der Waals surface area contributed by atoms with E-state index in [9.17, 15) is 14.4 Å². The molecular weight excluding hydrogens is 396 g/mol. The third-order valence-electron chi connectivity index (χ3n) is 3.85. The van der Waals surface area contributed by atoms with Crippen LogP contribution in [0.1, 0.15) is 45.1 Å². The Kier molecular flexibility index (Phi) is 8.44. The van der Waals surface area contributed by atoms with E-state index in [4.69, 9.17) is 9.47 Å². The van der Waals surface area contributed by atoms with Crippen molar-refractivity contribution in [3.05, 3.63) is 41.2 Å². The van der Waals surface area contributed by atoms with Gasteiger partial charge < -0.3 is 24.3 Å². The zero-order chi connectivity index (χ0) is 22.1. The Morgan fingerprint density at radius 1 is 1.00 bits per heavy atom. The van der Waals surface area contributed by atoms with Crippen LogP contribution in [0, 0.1) is 0 Å². The molecule has 11 heteroatoms. The van der Waals surface area contributed by atoms with Crippen molar-refractivity contribution in [2.75, 3.05) is 32.8 Å². The number of esters is 2. The van der Waals surface area contributed by atoms with Gasteiger partial charge in [0.15, 0.2) is 12.0 Å². The molecule has 0 fully saturated rings. The van der Waals surface area contributed by atoms with E-state index < -0.39 is 24.1 Å². The lowest BCUT2D eigenvalue weighted by molar-refractivity contribution is -0.145. The third kappa shape index (κ3) is 6.09. The van der Waals surface area contributed by atoms with Gasteiger partial charge in [0.2, 0.25) is 0 Å². The van der Waals surface area contributed by atoms with Crippen molar-refractivity contribution in [1.29, 1.82) is 0 Å². The maximum atomic E-state index is 12.5. The number of benzene rings is 1. The van der Waals surface area contributed by atoms with Crippen LogP contribution in [0.3, 0.4) is 0 Å². The third-order valence-corrected chi connectivity index (χ3v) is 3.85. The number of carbonyl (C=O) groups is 3. The highest BCUT2D eigenvalue weighted by Crippen LogP contribution is 2.18. The largest absolute Gasteiger partial charge is 0.465 e. The molecule has 1 amide bonds. The minimum atomic E-state index is -0.667. The molecule has 0 spiro atoms. The molecule has 30 heavy (non-hydrogen) atoms. The number of hydrogen-bond donors (Lipinski definition) is 1. The molecule has 0 radical (unpaired) electrons. The Bertz CT molecular complexity index is 857. The van der Waals surface area contributed by atoms with Crippen molar-refractivity contribution < 1.29 is 33.3 Å². The van der Waals surface area contributed by atoms with Gasteiger partial charge >= 0.3 is 11.9 Å². The van der Waals surface area contributed by atoms with Gasteiger partial charge in [0.25, 0.3) is 5.91 Å². The number of anilines is 1. The second-order valence-corrected chi connectivity index (χ2v) is 5.90. The predicted octanol–water partition coefficient (Wildman–Crippen LogP) is 1.50. The summed E-state index contributed by atoms with van der Waals surface area (Å²) in [7, 11) is 2.42. The van der Waals surface area contributed by atoms with Crippen molar-refractivity contribution in [2.24, 2.45) is 0 Å². The maximum absolute atomic E-state index is 12.5. The first-order valence-electron chi connectivity index (χ1n) is 9.18. The number of ether oxygens (including phenoxy) is 4. The maximum Gasteiger partial charge on any atom is 0.337 e. The van der Waals surface area contributed by atoms with Crippen LogP contribution in [0.2, 0.25) is 0 Å². The van der Waals surface area contributed by atoms with Gasteiger partial charge in [0, 0.05) is 18.9 Å². The van der Waals surface area contributed by atoms with Gasteiger partial charge in [-0.25, -0.2) is 14.3 Å². The highest BCUT2D eigenvalue weighted by molar-refractivity contribution is 6.04. The summed E-state index contributed by atoms with van der Waals surface area (Å²) in [6, 6.07) is 4.06. The molecule has 0 aliphatic carbocycles. The van der Waals surface area contributed by atoms with E-state index in [-0.39, 0.29) is 29.1 Å². The van der Waals surface area contributed by atoms with Crippen LogP contribution in [0.4, 0.5) is 5.69 Å². The van der Waals surface area contributed by atoms with E-state index in [2.05, 4.69) is 25.1 Å². The molecule has 162 valence electrons. The summed E-state index contributed by atoms with van der Waals surface area (Å²) in [5.41, 5.74) is 0.385. The molecule has 1 aromatic carbocycles. The molecule has 0 saturated heterocycles. The summed E-state index contributed by atoms with van der Waals surface area (Å²) in [6.45, 7) is 4.87. The van der Waals surface area contributed by atoms with Crippen LogP contribution in [0.15, 0.2) is 24.4 Å². The lowest BCUT2D eigenvalue weighted by Gasteiger charge is -2.16. The molecule has 0 aliphatic heterocycles. The van der Waals surface area contributed by atoms with Gasteiger partial charge in [-0.1, -0.05) is 5.21 Å². The molecule has 1 heterocycles. The first kappa shape index (κ1) is 23.0. The Hall–Kier alpha value is -3.31. The molecule has 0 aliphatic rings. The van der Waals surface area contributed by atoms with E-state index in [1.165, 1.54) is 43.3 Å². The number of nitrogens with zero attached hydrogens (tertiary/aromatic N) is 3. The van der Waals surface area contributed by atoms with Gasteiger partial charge in [0.1, 0.15) is 0 Å². The minimum absolute atomic E-state index is 0.0323. The first-order valence-corrected chi connectivity index (χ1v) is 9.18. The van der Waals surface area contributed by atoms with E-state index in [1.807, 2.05) is 13.8 Å². The lowest BCUT2D eigenvalue weighted by atomic mass is 10.1. The number of hydrogen-bond acceptors (Lipinski definition) is 9. The second kappa shape index (κ2) is 11.0. The van der Waals surface area contributed by atoms with Gasteiger partial charge in [-0.2, -0.15) is 0 Å². The smallest absolute Gasteiger partial charge is 0.337 e. The van der Waals surface area contributed by atoms with Crippen molar-refractivity contribution >= 4 is 23.5 Å². The van der Waals surface area contributed by atoms with Crippen LogP contribution >= 0.6 is 0 Å². The van der Waals surface area contributed by atoms with E-state index >= 15 is 0 Å². The Morgan fingerprint density at radius 3 is 2.07 bits per heavy atom. The van der Waals surface area contributed by atoms with Gasteiger partial charge in [-0.3, -0.25) is 4.79 Å². The van der Waals surface area contributed by atoms with E-state index in [0.717, 1.165) is 0 Å². The van der Waals surface area contributed by atoms with Crippen molar-refractivity contribution in [2.45, 2.75) is 26.7 Å². The van der Waals surface area contributed by atoms with Crippen LogP contribution < -0.4 is 5.32 Å². The molecule has 0 unspecified atom stereocenters. The summed E-state index contributed by atoms with van der Waals surface area (Å²) in [5.74, 6) is -1.91. The number of rotatable bonds is 10. The van der Waals surface area contributed by atoms with E-state index in [0.29, 0.717) is 13.2 Å². The summed E-state index contributed by atoms with van der Waals surface area (Å²) < 4.78 is 21.7. The van der Waals surface area contributed by atoms with Crippen molar-refractivity contribution in [1.82, 2.24) is 15.0 Å². The Morgan fingerprint density at radius 2 is 1.57 bits per heavy atom. The molecule has 11 nitrogen and oxygen atoms in total. The predicted molar refractivity (Wildman–Crippen MR) is 104 cm³/mol. The number of amides is 1. The fraction of sp³-hybridized carbons (Fsp3) is 0.421. The summed E-state index contributed by atoms with van der Waals surface area (Å²) in [6.07, 6.45) is 0.920. The SMILES string of the molecule is CCOC(Cn1cc(C(=O)Nc2cc(C(=O)OC)cc(C(=O)OC)c2)nn1)OCC. The van der Waals surface area contributed by atoms with Gasteiger partial charge in [-0.15, -0.1) is 5.10 Å². The van der Waals surface area contributed by atoms with E-state index in [1.54, 1.807) is 0 Å². The molecule has 0 saturated carbocycles. The Labute approximate surface area is 173 Å². The molecule has 2 aromatic rings. The van der Waals surface area contributed by atoms with Crippen LogP contribution in [-0.2, 0) is 25.5 Å². The van der Waals surface area contributed by atoms with Crippen molar-refractivity contribution in [3.63, 3.8) is 0 Å². The number of aromatic nitrogens is 3.